The van der Waals surface area contributed by atoms with Crippen molar-refractivity contribution in [1.82, 2.24) is 14.8 Å². The van der Waals surface area contributed by atoms with Gasteiger partial charge in [-0.15, -0.1) is 12.4 Å². The van der Waals surface area contributed by atoms with E-state index in [0.717, 1.165) is 0 Å². The van der Waals surface area contributed by atoms with E-state index in [4.69, 9.17) is 11.5 Å². The van der Waals surface area contributed by atoms with Gasteiger partial charge in [-0.05, 0) is 19.1 Å². The summed E-state index contributed by atoms with van der Waals surface area (Å²) in [5, 5.41) is 4.10. The summed E-state index contributed by atoms with van der Waals surface area (Å²) in [4.78, 5) is 19.3. The van der Waals surface area contributed by atoms with Crippen LogP contribution in [-0.2, 0) is 0 Å². The standard InChI is InChI=1S/C11H12N6O.ClH/c1-7-8(10(18)16-11(12)13)6-15-17(7)9-4-2-3-5-14-9;/h2-6H,1H3,(H4,12,13,16,18);1H. The Bertz CT molecular complexity index is 603. The molecule has 0 aliphatic rings. The summed E-state index contributed by atoms with van der Waals surface area (Å²) in [5.74, 6) is -0.168. The Morgan fingerprint density at radius 1 is 1.37 bits per heavy atom. The van der Waals surface area contributed by atoms with Crippen molar-refractivity contribution in [2.75, 3.05) is 0 Å². The van der Waals surface area contributed by atoms with Gasteiger partial charge in [-0.25, -0.2) is 9.67 Å². The minimum absolute atomic E-state index is 0. The van der Waals surface area contributed by atoms with Crippen molar-refractivity contribution in [3.8, 4) is 5.82 Å². The van der Waals surface area contributed by atoms with Crippen LogP contribution < -0.4 is 11.5 Å². The highest BCUT2D eigenvalue weighted by atomic mass is 35.5. The molecule has 0 aliphatic heterocycles. The Hall–Kier alpha value is -2.41. The van der Waals surface area contributed by atoms with E-state index in [-0.39, 0.29) is 18.4 Å². The smallest absolute Gasteiger partial charge is 0.283 e. The molecule has 7 nitrogen and oxygen atoms in total. The third-order valence-corrected chi connectivity index (χ3v) is 2.34. The van der Waals surface area contributed by atoms with Crippen LogP contribution in [0.5, 0.6) is 0 Å². The van der Waals surface area contributed by atoms with E-state index >= 15 is 0 Å². The maximum absolute atomic E-state index is 11.7. The molecular weight excluding hydrogens is 268 g/mol. The Kier molecular flexibility index (Phi) is 4.60. The molecule has 0 unspecified atom stereocenters. The molecule has 0 bridgehead atoms. The number of pyridine rings is 1. The molecule has 2 heterocycles. The lowest BCUT2D eigenvalue weighted by Crippen LogP contribution is -2.24. The molecule has 1 amide bonds. The van der Waals surface area contributed by atoms with E-state index < -0.39 is 5.91 Å². The lowest BCUT2D eigenvalue weighted by Gasteiger charge is -2.02. The number of halogens is 1. The summed E-state index contributed by atoms with van der Waals surface area (Å²) in [6.45, 7) is 1.75. The van der Waals surface area contributed by atoms with Crippen LogP contribution in [0.3, 0.4) is 0 Å². The van der Waals surface area contributed by atoms with Crippen LogP contribution in [0.15, 0.2) is 35.6 Å². The van der Waals surface area contributed by atoms with Gasteiger partial charge in [0.1, 0.15) is 0 Å². The molecule has 2 aromatic heterocycles. The number of aromatic nitrogens is 3. The fourth-order valence-corrected chi connectivity index (χ4v) is 1.51. The molecular formula is C11H13ClN6O. The van der Waals surface area contributed by atoms with Gasteiger partial charge in [0.15, 0.2) is 11.8 Å². The lowest BCUT2D eigenvalue weighted by atomic mass is 10.2. The highest BCUT2D eigenvalue weighted by Crippen LogP contribution is 2.12. The van der Waals surface area contributed by atoms with E-state index in [2.05, 4.69) is 15.1 Å². The van der Waals surface area contributed by atoms with Gasteiger partial charge < -0.3 is 11.5 Å². The van der Waals surface area contributed by atoms with Gasteiger partial charge in [-0.3, -0.25) is 4.79 Å². The Morgan fingerprint density at radius 3 is 2.68 bits per heavy atom. The van der Waals surface area contributed by atoms with Crippen LogP contribution in [0.1, 0.15) is 16.1 Å². The first-order valence-electron chi connectivity index (χ1n) is 5.19. The SMILES string of the molecule is Cc1c(C(=O)N=C(N)N)cnn1-c1ccccn1.Cl. The number of hydrogen-bond acceptors (Lipinski definition) is 3. The van der Waals surface area contributed by atoms with Gasteiger partial charge in [-0.1, -0.05) is 6.07 Å². The second kappa shape index (κ2) is 5.96. The monoisotopic (exact) mass is 280 g/mol. The van der Waals surface area contributed by atoms with Crippen molar-refractivity contribution >= 4 is 24.3 Å². The molecule has 19 heavy (non-hydrogen) atoms. The van der Waals surface area contributed by atoms with Crippen molar-refractivity contribution in [3.63, 3.8) is 0 Å². The second-order valence-corrected chi connectivity index (χ2v) is 3.59. The third kappa shape index (κ3) is 3.08. The normalized spacial score (nSPS) is 9.53. The molecule has 4 N–H and O–H groups in total. The second-order valence-electron chi connectivity index (χ2n) is 3.59. The molecule has 0 saturated heterocycles. The van der Waals surface area contributed by atoms with Gasteiger partial charge in [0.25, 0.3) is 5.91 Å². The highest BCUT2D eigenvalue weighted by molar-refractivity contribution is 6.02. The average Bonchev–Trinajstić information content (AvgIpc) is 2.71. The number of amides is 1. The number of nitrogens with zero attached hydrogens (tertiary/aromatic N) is 4. The first-order valence-corrected chi connectivity index (χ1v) is 5.19. The lowest BCUT2D eigenvalue weighted by molar-refractivity contribution is 0.100. The zero-order valence-electron chi connectivity index (χ0n) is 10.1. The summed E-state index contributed by atoms with van der Waals surface area (Å²) in [5.41, 5.74) is 11.3. The Morgan fingerprint density at radius 2 is 2.11 bits per heavy atom. The maximum atomic E-state index is 11.7. The van der Waals surface area contributed by atoms with Crippen LogP contribution in [-0.4, -0.2) is 26.6 Å². The fourth-order valence-electron chi connectivity index (χ4n) is 1.51. The molecule has 0 radical (unpaired) electrons. The minimum Gasteiger partial charge on any atom is -0.370 e. The van der Waals surface area contributed by atoms with Crippen LogP contribution in [0.4, 0.5) is 0 Å². The van der Waals surface area contributed by atoms with Gasteiger partial charge in [-0.2, -0.15) is 10.1 Å². The molecule has 2 aromatic rings. The van der Waals surface area contributed by atoms with E-state index in [0.29, 0.717) is 17.1 Å². The van der Waals surface area contributed by atoms with Crippen molar-refractivity contribution in [1.29, 1.82) is 0 Å². The van der Waals surface area contributed by atoms with Gasteiger partial charge in [0.2, 0.25) is 0 Å². The van der Waals surface area contributed by atoms with Gasteiger partial charge in [0, 0.05) is 6.20 Å². The number of guanidine groups is 1. The van der Waals surface area contributed by atoms with Crippen molar-refractivity contribution in [2.45, 2.75) is 6.92 Å². The van der Waals surface area contributed by atoms with E-state index in [9.17, 15) is 4.79 Å². The summed E-state index contributed by atoms with van der Waals surface area (Å²) < 4.78 is 1.55. The predicted molar refractivity (Wildman–Crippen MR) is 73.5 cm³/mol. The van der Waals surface area contributed by atoms with Crippen molar-refractivity contribution in [3.05, 3.63) is 41.9 Å². The number of nitrogens with two attached hydrogens (primary N) is 2. The van der Waals surface area contributed by atoms with Crippen molar-refractivity contribution in [2.24, 2.45) is 16.5 Å². The number of rotatable bonds is 2. The number of aliphatic imine (C=N–C) groups is 1. The average molecular weight is 281 g/mol. The summed E-state index contributed by atoms with van der Waals surface area (Å²) in [6, 6.07) is 5.42. The first-order chi connectivity index (χ1) is 8.59. The van der Waals surface area contributed by atoms with Gasteiger partial charge in [0.05, 0.1) is 17.5 Å². The molecule has 0 aliphatic carbocycles. The molecule has 100 valence electrons. The van der Waals surface area contributed by atoms with Crippen LogP contribution in [0, 0.1) is 6.92 Å². The quantitative estimate of drug-likeness (QED) is 0.611. The van der Waals surface area contributed by atoms with Crippen LogP contribution in [0.2, 0.25) is 0 Å². The number of carbonyl (C=O) groups is 1. The molecule has 0 fully saturated rings. The van der Waals surface area contributed by atoms with E-state index in [1.807, 2.05) is 6.07 Å². The largest absolute Gasteiger partial charge is 0.370 e. The predicted octanol–water partition coefficient (Wildman–Crippen LogP) is 0.411. The van der Waals surface area contributed by atoms with Crippen LogP contribution in [0.25, 0.3) is 5.82 Å². The summed E-state index contributed by atoms with van der Waals surface area (Å²) >= 11 is 0. The topological polar surface area (TPSA) is 112 Å². The van der Waals surface area contributed by atoms with Crippen molar-refractivity contribution < 1.29 is 4.79 Å². The molecule has 0 aromatic carbocycles. The maximum Gasteiger partial charge on any atom is 0.283 e. The first kappa shape index (κ1) is 14.7. The minimum atomic E-state index is -0.519. The molecule has 0 spiro atoms. The van der Waals surface area contributed by atoms with E-state index in [1.165, 1.54) is 6.20 Å². The number of carbonyl (C=O) groups excluding carboxylic acids is 1. The fraction of sp³-hybridized carbons (Fsp3) is 0.0909. The summed E-state index contributed by atoms with van der Waals surface area (Å²) in [7, 11) is 0. The zero-order chi connectivity index (χ0) is 13.1. The highest BCUT2D eigenvalue weighted by Gasteiger charge is 2.15. The zero-order valence-corrected chi connectivity index (χ0v) is 11.0. The molecule has 8 heteroatoms. The Labute approximate surface area is 115 Å². The summed E-state index contributed by atoms with van der Waals surface area (Å²) in [6.07, 6.45) is 3.06. The molecule has 2 rings (SSSR count). The Balaban J connectivity index is 0.00000180. The van der Waals surface area contributed by atoms with Crippen LogP contribution >= 0.6 is 12.4 Å². The van der Waals surface area contributed by atoms with Gasteiger partial charge >= 0.3 is 0 Å². The molecule has 0 atom stereocenters. The number of hydrogen-bond donors (Lipinski definition) is 2. The third-order valence-electron chi connectivity index (χ3n) is 2.34. The van der Waals surface area contributed by atoms with E-state index in [1.54, 1.807) is 29.9 Å². The molecule has 0 saturated carbocycles.